The van der Waals surface area contributed by atoms with Gasteiger partial charge in [0.05, 0.1) is 5.69 Å². The van der Waals surface area contributed by atoms with E-state index in [1.165, 1.54) is 0 Å². The molecule has 6 nitrogen and oxygen atoms in total. The lowest BCUT2D eigenvalue weighted by Gasteiger charge is -2.22. The van der Waals surface area contributed by atoms with E-state index in [4.69, 9.17) is 0 Å². The van der Waals surface area contributed by atoms with Crippen LogP contribution in [0.4, 0.5) is 5.69 Å². The number of nitrogens with one attached hydrogen (secondary N) is 1. The second-order valence-electron chi connectivity index (χ2n) is 7.01. The summed E-state index contributed by atoms with van der Waals surface area (Å²) in [5.74, 6) is 0.0173. The van der Waals surface area contributed by atoms with Crippen LogP contribution < -0.4 is 10.2 Å². The zero-order chi connectivity index (χ0) is 19.4. The molecule has 0 saturated carbocycles. The molecule has 2 amide bonds. The van der Waals surface area contributed by atoms with Crippen LogP contribution in [0, 0.1) is 0 Å². The van der Waals surface area contributed by atoms with Gasteiger partial charge < -0.3 is 14.8 Å². The molecule has 0 radical (unpaired) electrons. The fraction of sp³-hybridized carbons (Fsp3) is 0.476. The van der Waals surface area contributed by atoms with Gasteiger partial charge in [0.1, 0.15) is 0 Å². The SMILES string of the molecule is CCC(C)NC(=O)c1nc(C(=O)N(CC)c2ccccc2)c2n1CCCC2. The van der Waals surface area contributed by atoms with Crippen LogP contribution in [0.5, 0.6) is 0 Å². The van der Waals surface area contributed by atoms with E-state index in [1.807, 2.05) is 55.7 Å². The van der Waals surface area contributed by atoms with E-state index in [0.29, 0.717) is 18.1 Å². The molecule has 1 N–H and O–H groups in total. The Hall–Kier alpha value is -2.63. The summed E-state index contributed by atoms with van der Waals surface area (Å²) in [4.78, 5) is 32.2. The maximum absolute atomic E-state index is 13.3. The van der Waals surface area contributed by atoms with Gasteiger partial charge in [0.25, 0.3) is 11.8 Å². The molecule has 0 fully saturated rings. The molecular formula is C21H28N4O2. The Morgan fingerprint density at radius 3 is 2.63 bits per heavy atom. The zero-order valence-electron chi connectivity index (χ0n) is 16.4. The largest absolute Gasteiger partial charge is 0.347 e. The van der Waals surface area contributed by atoms with Gasteiger partial charge in [0.15, 0.2) is 11.5 Å². The van der Waals surface area contributed by atoms with Gasteiger partial charge in [0, 0.05) is 24.8 Å². The van der Waals surface area contributed by atoms with Crippen molar-refractivity contribution < 1.29 is 9.59 Å². The number of nitrogens with zero attached hydrogens (tertiary/aromatic N) is 3. The van der Waals surface area contributed by atoms with Crippen LogP contribution in [0.2, 0.25) is 0 Å². The Morgan fingerprint density at radius 2 is 1.96 bits per heavy atom. The predicted octanol–water partition coefficient (Wildman–Crippen LogP) is 3.41. The number of fused-ring (bicyclic) bond motifs is 1. The minimum Gasteiger partial charge on any atom is -0.347 e. The van der Waals surface area contributed by atoms with Crippen LogP contribution >= 0.6 is 0 Å². The van der Waals surface area contributed by atoms with Crippen LogP contribution in [0.15, 0.2) is 30.3 Å². The molecule has 1 aromatic carbocycles. The lowest BCUT2D eigenvalue weighted by atomic mass is 10.1. The molecule has 1 atom stereocenters. The standard InChI is InChI=1S/C21H28N4O2/c1-4-15(3)22-20(26)19-23-18(17-13-9-10-14-25(17)19)21(27)24(5-2)16-11-7-6-8-12-16/h6-8,11-12,15H,4-5,9-10,13-14H2,1-3H3,(H,22,26). The number of benzene rings is 1. The maximum Gasteiger partial charge on any atom is 0.287 e. The summed E-state index contributed by atoms with van der Waals surface area (Å²) >= 11 is 0. The minimum atomic E-state index is -0.200. The summed E-state index contributed by atoms with van der Waals surface area (Å²) in [6.45, 7) is 7.22. The summed E-state index contributed by atoms with van der Waals surface area (Å²) in [6.07, 6.45) is 3.63. The van der Waals surface area contributed by atoms with Gasteiger partial charge in [-0.3, -0.25) is 9.59 Å². The molecule has 0 spiro atoms. The summed E-state index contributed by atoms with van der Waals surface area (Å²) in [7, 11) is 0. The number of aromatic nitrogens is 2. The van der Waals surface area contributed by atoms with Crippen molar-refractivity contribution in [2.75, 3.05) is 11.4 Å². The van der Waals surface area contributed by atoms with Crippen LogP contribution in [-0.2, 0) is 13.0 Å². The molecule has 144 valence electrons. The van der Waals surface area contributed by atoms with E-state index in [-0.39, 0.29) is 17.9 Å². The number of anilines is 1. The minimum absolute atomic E-state index is 0.0738. The second kappa shape index (κ2) is 8.37. The van der Waals surface area contributed by atoms with Gasteiger partial charge in [-0.15, -0.1) is 0 Å². The summed E-state index contributed by atoms with van der Waals surface area (Å²) < 4.78 is 1.94. The Labute approximate surface area is 160 Å². The first-order chi connectivity index (χ1) is 13.1. The van der Waals surface area contributed by atoms with Gasteiger partial charge in [-0.1, -0.05) is 25.1 Å². The quantitative estimate of drug-likeness (QED) is 0.850. The molecule has 1 aliphatic heterocycles. The third kappa shape index (κ3) is 3.89. The number of para-hydroxylation sites is 1. The van der Waals surface area contributed by atoms with Crippen molar-refractivity contribution in [2.45, 2.75) is 59.0 Å². The molecule has 27 heavy (non-hydrogen) atoms. The van der Waals surface area contributed by atoms with E-state index in [2.05, 4.69) is 10.3 Å². The van der Waals surface area contributed by atoms with Crippen LogP contribution in [0.25, 0.3) is 0 Å². The molecule has 2 heterocycles. The van der Waals surface area contributed by atoms with Crippen molar-refractivity contribution in [3.63, 3.8) is 0 Å². The number of amides is 2. The number of rotatable bonds is 6. The highest BCUT2D eigenvalue weighted by atomic mass is 16.2. The van der Waals surface area contributed by atoms with E-state index >= 15 is 0 Å². The summed E-state index contributed by atoms with van der Waals surface area (Å²) in [5.41, 5.74) is 2.14. The van der Waals surface area contributed by atoms with Crippen molar-refractivity contribution in [2.24, 2.45) is 0 Å². The fourth-order valence-electron chi connectivity index (χ4n) is 3.46. The summed E-state index contributed by atoms with van der Waals surface area (Å²) in [5, 5.41) is 2.98. The molecule has 1 aromatic heterocycles. The van der Waals surface area contributed by atoms with Crippen molar-refractivity contribution in [1.29, 1.82) is 0 Å². The van der Waals surface area contributed by atoms with Crippen molar-refractivity contribution in [1.82, 2.24) is 14.9 Å². The summed E-state index contributed by atoms with van der Waals surface area (Å²) in [6, 6.07) is 9.67. The number of carbonyl (C=O) groups is 2. The van der Waals surface area contributed by atoms with Crippen molar-refractivity contribution in [3.8, 4) is 0 Å². The monoisotopic (exact) mass is 368 g/mol. The average Bonchev–Trinajstić information content (AvgIpc) is 3.09. The third-order valence-electron chi connectivity index (χ3n) is 5.14. The highest BCUT2D eigenvalue weighted by Crippen LogP contribution is 2.24. The molecule has 3 rings (SSSR count). The first kappa shape index (κ1) is 19.1. The topological polar surface area (TPSA) is 67.2 Å². The third-order valence-corrected chi connectivity index (χ3v) is 5.14. The highest BCUT2D eigenvalue weighted by Gasteiger charge is 2.30. The molecular weight excluding hydrogens is 340 g/mol. The van der Waals surface area contributed by atoms with Gasteiger partial charge in [-0.2, -0.15) is 0 Å². The zero-order valence-corrected chi connectivity index (χ0v) is 16.4. The predicted molar refractivity (Wildman–Crippen MR) is 106 cm³/mol. The molecule has 0 aliphatic carbocycles. The lowest BCUT2D eigenvalue weighted by Crippen LogP contribution is -2.34. The Balaban J connectivity index is 1.97. The van der Waals surface area contributed by atoms with Crippen LogP contribution in [-0.4, -0.2) is 34.0 Å². The fourth-order valence-corrected chi connectivity index (χ4v) is 3.46. The lowest BCUT2D eigenvalue weighted by molar-refractivity contribution is 0.0923. The number of imidazole rings is 1. The van der Waals surface area contributed by atoms with Gasteiger partial charge in [-0.05, 0) is 51.7 Å². The van der Waals surface area contributed by atoms with E-state index in [1.54, 1.807) is 4.90 Å². The van der Waals surface area contributed by atoms with E-state index in [0.717, 1.165) is 43.6 Å². The number of hydrogen-bond acceptors (Lipinski definition) is 3. The maximum atomic E-state index is 13.3. The van der Waals surface area contributed by atoms with Gasteiger partial charge in [0.2, 0.25) is 0 Å². The normalized spacial score (nSPS) is 14.3. The molecule has 0 saturated heterocycles. The number of hydrogen-bond donors (Lipinski definition) is 1. The molecule has 1 unspecified atom stereocenters. The van der Waals surface area contributed by atoms with E-state index in [9.17, 15) is 9.59 Å². The average molecular weight is 368 g/mol. The first-order valence-corrected chi connectivity index (χ1v) is 9.84. The molecule has 6 heteroatoms. The first-order valence-electron chi connectivity index (χ1n) is 9.84. The smallest absolute Gasteiger partial charge is 0.287 e. The van der Waals surface area contributed by atoms with Gasteiger partial charge >= 0.3 is 0 Å². The number of carbonyl (C=O) groups excluding carboxylic acids is 2. The van der Waals surface area contributed by atoms with Crippen molar-refractivity contribution >= 4 is 17.5 Å². The Morgan fingerprint density at radius 1 is 1.22 bits per heavy atom. The second-order valence-corrected chi connectivity index (χ2v) is 7.01. The Bertz CT molecular complexity index is 813. The molecule has 2 aromatic rings. The molecule has 1 aliphatic rings. The highest BCUT2D eigenvalue weighted by molar-refractivity contribution is 6.06. The van der Waals surface area contributed by atoms with Gasteiger partial charge in [-0.25, -0.2) is 4.98 Å². The van der Waals surface area contributed by atoms with Crippen LogP contribution in [0.3, 0.4) is 0 Å². The van der Waals surface area contributed by atoms with E-state index < -0.39 is 0 Å². The van der Waals surface area contributed by atoms with Crippen LogP contribution in [0.1, 0.15) is 66.8 Å². The Kier molecular flexibility index (Phi) is 5.94. The van der Waals surface area contributed by atoms with Crippen molar-refractivity contribution in [3.05, 3.63) is 47.5 Å². The molecule has 0 bridgehead atoms.